The van der Waals surface area contributed by atoms with Crippen molar-refractivity contribution in [3.05, 3.63) is 46.3 Å². The summed E-state index contributed by atoms with van der Waals surface area (Å²) in [5, 5.41) is 6.17. The van der Waals surface area contributed by atoms with E-state index in [9.17, 15) is 13.2 Å². The number of rotatable bonds is 8. The van der Waals surface area contributed by atoms with E-state index in [1.165, 1.54) is 14.2 Å². The first-order valence-corrected chi connectivity index (χ1v) is 10.1. The number of benzene rings is 1. The molecule has 5 atom stereocenters. The van der Waals surface area contributed by atoms with Crippen LogP contribution >= 0.6 is 0 Å². The van der Waals surface area contributed by atoms with Gasteiger partial charge >= 0.3 is 0 Å². The fourth-order valence-corrected chi connectivity index (χ4v) is 3.58. The zero-order chi connectivity index (χ0) is 20.7. The van der Waals surface area contributed by atoms with Crippen LogP contribution in [0.3, 0.4) is 0 Å². The van der Waals surface area contributed by atoms with Gasteiger partial charge in [-0.1, -0.05) is 23.3 Å². The molecule has 1 aliphatic rings. The van der Waals surface area contributed by atoms with Gasteiger partial charge in [0.15, 0.2) is 6.29 Å². The van der Waals surface area contributed by atoms with Gasteiger partial charge in [0.25, 0.3) is 16.0 Å². The first-order chi connectivity index (χ1) is 13.3. The van der Waals surface area contributed by atoms with Crippen molar-refractivity contribution in [1.82, 2.24) is 5.32 Å². The van der Waals surface area contributed by atoms with Crippen LogP contribution in [-0.4, -0.2) is 72.0 Å². The number of amides is 1. The van der Waals surface area contributed by atoms with Crippen molar-refractivity contribution in [2.75, 3.05) is 27.0 Å². The molecule has 0 spiro atoms. The van der Waals surface area contributed by atoms with Crippen LogP contribution in [0.5, 0.6) is 0 Å². The van der Waals surface area contributed by atoms with E-state index in [0.717, 1.165) is 6.26 Å². The molecule has 1 aliphatic heterocycles. The van der Waals surface area contributed by atoms with Crippen LogP contribution in [0.1, 0.15) is 10.4 Å². The number of carbonyl (C=O) groups excluding carboxylic acids is 1. The molecular weight excluding hydrogens is 392 g/mol. The zero-order valence-electron chi connectivity index (χ0n) is 15.6. The second-order valence-corrected chi connectivity index (χ2v) is 7.62. The maximum Gasteiger partial charge on any atom is 0.264 e. The Morgan fingerprint density at radius 3 is 2.46 bits per heavy atom. The Morgan fingerprint density at radius 1 is 1.25 bits per heavy atom. The molecule has 28 heavy (non-hydrogen) atoms. The van der Waals surface area contributed by atoms with E-state index >= 15 is 0 Å². The van der Waals surface area contributed by atoms with Crippen molar-refractivity contribution in [2.24, 2.45) is 5.11 Å². The number of hydrogen-bond acceptors (Lipinski definition) is 8. The minimum atomic E-state index is -3.90. The van der Waals surface area contributed by atoms with Gasteiger partial charge in [0.2, 0.25) is 0 Å². The quantitative estimate of drug-likeness (QED) is 0.286. The van der Waals surface area contributed by atoms with Crippen LogP contribution in [0.25, 0.3) is 10.4 Å². The smallest absolute Gasteiger partial charge is 0.264 e. The molecule has 12 heteroatoms. The summed E-state index contributed by atoms with van der Waals surface area (Å²) in [7, 11) is -1.20. The molecule has 0 bridgehead atoms. The minimum Gasteiger partial charge on any atom is -0.376 e. The summed E-state index contributed by atoms with van der Waals surface area (Å²) in [6.07, 6.45) is -3.20. The first-order valence-electron chi connectivity index (χ1n) is 8.26. The number of carbonyl (C=O) groups is 1. The van der Waals surface area contributed by atoms with E-state index in [2.05, 4.69) is 15.3 Å². The normalized spacial score (nSPS) is 27.6. The molecule has 1 saturated heterocycles. The Bertz CT molecular complexity index is 814. The second-order valence-electron chi connectivity index (χ2n) is 6.02. The predicted octanol–water partition coefficient (Wildman–Crippen LogP) is 0.826. The highest BCUT2D eigenvalue weighted by Gasteiger charge is 2.49. The van der Waals surface area contributed by atoms with Crippen LogP contribution in [0.15, 0.2) is 35.4 Å². The van der Waals surface area contributed by atoms with Gasteiger partial charge in [-0.2, -0.15) is 8.42 Å². The van der Waals surface area contributed by atoms with Crippen molar-refractivity contribution in [2.45, 2.75) is 30.6 Å². The number of nitrogens with one attached hydrogen (secondary N) is 1. The maximum atomic E-state index is 12.6. The fraction of sp³-hybridized carbons (Fsp3) is 0.562. The van der Waals surface area contributed by atoms with Crippen molar-refractivity contribution < 1.29 is 31.6 Å². The molecular formula is C16H22N4O7S. The highest BCUT2D eigenvalue weighted by atomic mass is 32.2. The Labute approximate surface area is 162 Å². The summed E-state index contributed by atoms with van der Waals surface area (Å²) in [5.74, 6) is -0.426. The lowest BCUT2D eigenvalue weighted by Gasteiger charge is -2.44. The number of nitrogens with zero attached hydrogens (tertiary/aromatic N) is 3. The average molecular weight is 414 g/mol. The Kier molecular flexibility index (Phi) is 7.75. The molecule has 154 valence electrons. The third-order valence-electron chi connectivity index (χ3n) is 4.10. The third-order valence-corrected chi connectivity index (χ3v) is 4.67. The monoisotopic (exact) mass is 414 g/mol. The largest absolute Gasteiger partial charge is 0.376 e. The summed E-state index contributed by atoms with van der Waals surface area (Å²) in [5.41, 5.74) is 8.98. The molecule has 11 nitrogen and oxygen atoms in total. The van der Waals surface area contributed by atoms with Crippen LogP contribution in [0.2, 0.25) is 0 Å². The van der Waals surface area contributed by atoms with Gasteiger partial charge in [-0.05, 0) is 17.7 Å². The molecule has 1 amide bonds. The van der Waals surface area contributed by atoms with Gasteiger partial charge < -0.3 is 19.5 Å². The lowest BCUT2D eigenvalue weighted by Crippen LogP contribution is -2.65. The fourth-order valence-electron chi connectivity index (χ4n) is 2.94. The van der Waals surface area contributed by atoms with Gasteiger partial charge in [0, 0.05) is 24.7 Å². The van der Waals surface area contributed by atoms with E-state index in [0.29, 0.717) is 5.56 Å². The number of azide groups is 1. The number of ether oxygens (including phenoxy) is 3. The zero-order valence-corrected chi connectivity index (χ0v) is 16.4. The molecule has 0 saturated carbocycles. The van der Waals surface area contributed by atoms with Crippen LogP contribution in [0, 0.1) is 0 Å². The lowest BCUT2D eigenvalue weighted by molar-refractivity contribution is -0.251. The van der Waals surface area contributed by atoms with Crippen molar-refractivity contribution in [3.63, 3.8) is 0 Å². The molecule has 2 rings (SSSR count). The van der Waals surface area contributed by atoms with E-state index in [1.54, 1.807) is 30.3 Å². The van der Waals surface area contributed by atoms with Crippen molar-refractivity contribution in [3.8, 4) is 0 Å². The summed E-state index contributed by atoms with van der Waals surface area (Å²) >= 11 is 0. The van der Waals surface area contributed by atoms with Crippen LogP contribution < -0.4 is 5.32 Å². The Hall–Kier alpha value is -2.21. The minimum absolute atomic E-state index is 0.213. The summed E-state index contributed by atoms with van der Waals surface area (Å²) in [4.78, 5) is 15.2. The van der Waals surface area contributed by atoms with Gasteiger partial charge in [-0.3, -0.25) is 8.98 Å². The van der Waals surface area contributed by atoms with Crippen molar-refractivity contribution in [1.29, 1.82) is 0 Å². The average Bonchev–Trinajstić information content (AvgIpc) is 2.67. The molecule has 1 aromatic rings. The van der Waals surface area contributed by atoms with Gasteiger partial charge in [-0.25, -0.2) is 0 Å². The highest BCUT2D eigenvalue weighted by Crippen LogP contribution is 2.28. The van der Waals surface area contributed by atoms with E-state index < -0.39 is 46.7 Å². The predicted molar refractivity (Wildman–Crippen MR) is 97.9 cm³/mol. The molecule has 0 radical (unpaired) electrons. The molecule has 5 unspecified atom stereocenters. The first kappa shape index (κ1) is 22.1. The van der Waals surface area contributed by atoms with Gasteiger partial charge in [-0.15, -0.1) is 0 Å². The summed E-state index contributed by atoms with van der Waals surface area (Å²) in [6.45, 7) is -0.213. The highest BCUT2D eigenvalue weighted by molar-refractivity contribution is 7.86. The standard InChI is InChI=1S/C16H22N4O7S/c1-24-14-12(19-15(21)10-7-5-4-6-8-10)16(25-2)26-11(9-18-20-17)13(14)27-28(3,22)23/h4-8,11-14,16H,9H2,1-3H3,(H,19,21). The summed E-state index contributed by atoms with van der Waals surface area (Å²) < 4.78 is 45.0. The molecule has 1 N–H and O–H groups in total. The van der Waals surface area contributed by atoms with Gasteiger partial charge in [0.1, 0.15) is 18.2 Å². The van der Waals surface area contributed by atoms with Crippen LogP contribution in [0.4, 0.5) is 0 Å². The molecule has 1 fully saturated rings. The van der Waals surface area contributed by atoms with Crippen molar-refractivity contribution >= 4 is 16.0 Å². The molecule has 0 aromatic heterocycles. The maximum absolute atomic E-state index is 12.6. The number of hydrogen-bond donors (Lipinski definition) is 1. The topological polar surface area (TPSA) is 149 Å². The van der Waals surface area contributed by atoms with E-state index in [-0.39, 0.29) is 6.54 Å². The lowest BCUT2D eigenvalue weighted by atomic mass is 9.96. The van der Waals surface area contributed by atoms with Gasteiger partial charge in [0.05, 0.1) is 18.9 Å². The van der Waals surface area contributed by atoms with E-state index in [1.807, 2.05) is 0 Å². The Balaban J connectivity index is 2.33. The molecule has 0 aliphatic carbocycles. The Morgan fingerprint density at radius 2 is 1.93 bits per heavy atom. The summed E-state index contributed by atoms with van der Waals surface area (Å²) in [6, 6.07) is 7.54. The molecule has 1 heterocycles. The second kappa shape index (κ2) is 9.82. The van der Waals surface area contributed by atoms with E-state index in [4.69, 9.17) is 23.9 Å². The third kappa shape index (κ3) is 5.64. The molecule has 1 aromatic carbocycles. The number of methoxy groups -OCH3 is 2. The SMILES string of the molecule is COC1OC(CN=[N+]=[N-])C(OS(C)(=O)=O)C(OC)C1NC(=O)c1ccccc1. The van der Waals surface area contributed by atoms with Crippen LogP contribution in [-0.2, 0) is 28.5 Å².